The first-order valence-corrected chi connectivity index (χ1v) is 18.0. The number of aliphatic hydroxyl groups excluding tert-OH is 2. The van der Waals surface area contributed by atoms with Crippen molar-refractivity contribution >= 4 is 34.9 Å². The Kier molecular flexibility index (Phi) is 12.4. The van der Waals surface area contributed by atoms with Gasteiger partial charge < -0.3 is 40.8 Å². The summed E-state index contributed by atoms with van der Waals surface area (Å²) in [6.07, 6.45) is -3.45. The lowest BCUT2D eigenvalue weighted by molar-refractivity contribution is -0.201. The van der Waals surface area contributed by atoms with E-state index in [1.807, 2.05) is 60.7 Å². The van der Waals surface area contributed by atoms with E-state index in [9.17, 15) is 37.8 Å². The number of hydrogen-bond donors (Lipinski definition) is 6. The summed E-state index contributed by atoms with van der Waals surface area (Å²) < 4.78 is 45.0. The quantitative estimate of drug-likeness (QED) is 0.0672. The summed E-state index contributed by atoms with van der Waals surface area (Å²) in [5.74, 6) is -3.00. The molecule has 3 aromatic heterocycles. The molecule has 5 aromatic rings. The first-order chi connectivity index (χ1) is 26.9. The highest BCUT2D eigenvalue weighted by Crippen LogP contribution is 2.40. The number of ether oxygens (including phenoxy) is 1. The van der Waals surface area contributed by atoms with Gasteiger partial charge in [-0.25, -0.2) is 24.5 Å². The van der Waals surface area contributed by atoms with Crippen LogP contribution in [0.25, 0.3) is 11.2 Å². The molecule has 0 bridgehead atoms. The van der Waals surface area contributed by atoms with Gasteiger partial charge in [-0.05, 0) is 30.9 Å². The highest BCUT2D eigenvalue weighted by molar-refractivity contribution is 5.94. The molecule has 0 aliphatic heterocycles. The van der Waals surface area contributed by atoms with E-state index in [0.29, 0.717) is 31.6 Å². The molecule has 0 spiro atoms. The summed E-state index contributed by atoms with van der Waals surface area (Å²) in [5.41, 5.74) is 2.71. The second-order valence-electron chi connectivity index (χ2n) is 13.1. The summed E-state index contributed by atoms with van der Waals surface area (Å²) in [6, 6.07) is 17.7. The maximum absolute atomic E-state index is 13.5. The van der Waals surface area contributed by atoms with E-state index in [-0.39, 0.29) is 47.8 Å². The number of amides is 3. The summed E-state index contributed by atoms with van der Waals surface area (Å²) in [6.45, 7) is 2.44. The first-order valence-electron chi connectivity index (χ1n) is 18.0. The fourth-order valence-corrected chi connectivity index (χ4v) is 6.56. The van der Waals surface area contributed by atoms with Gasteiger partial charge in [-0.15, -0.1) is 0 Å². The van der Waals surface area contributed by atoms with Crippen molar-refractivity contribution in [2.24, 2.45) is 0 Å². The van der Waals surface area contributed by atoms with Gasteiger partial charge in [-0.1, -0.05) is 60.7 Å². The Morgan fingerprint density at radius 2 is 1.59 bits per heavy atom. The van der Waals surface area contributed by atoms with Crippen molar-refractivity contribution in [2.45, 2.75) is 62.8 Å². The highest BCUT2D eigenvalue weighted by atomic mass is 19.4. The summed E-state index contributed by atoms with van der Waals surface area (Å²) in [5, 5.41) is 38.1. The molecule has 3 heterocycles. The van der Waals surface area contributed by atoms with Crippen LogP contribution in [0.1, 0.15) is 65.1 Å². The maximum atomic E-state index is 13.5. The Morgan fingerprint density at radius 1 is 0.929 bits per heavy atom. The molecule has 16 nitrogen and oxygen atoms in total. The van der Waals surface area contributed by atoms with Crippen LogP contribution in [0.3, 0.4) is 0 Å². The molecule has 6 N–H and O–H groups in total. The summed E-state index contributed by atoms with van der Waals surface area (Å²) in [7, 11) is 0. The number of carbonyl (C=O) groups is 3. The number of nitrogens with zero attached hydrogens (tertiary/aromatic N) is 6. The Labute approximate surface area is 318 Å². The number of esters is 1. The van der Waals surface area contributed by atoms with Gasteiger partial charge in [0.1, 0.15) is 24.3 Å². The van der Waals surface area contributed by atoms with E-state index in [4.69, 9.17) is 0 Å². The van der Waals surface area contributed by atoms with Gasteiger partial charge >= 0.3 is 18.2 Å². The molecule has 1 aliphatic carbocycles. The number of rotatable bonds is 15. The predicted octanol–water partition coefficient (Wildman–Crippen LogP) is 3.22. The molecule has 3 amide bonds. The van der Waals surface area contributed by atoms with Crippen molar-refractivity contribution in [3.05, 3.63) is 102 Å². The molecule has 0 radical (unpaired) electrons. The van der Waals surface area contributed by atoms with Crippen LogP contribution in [0, 0.1) is 0 Å². The molecule has 1 saturated carbocycles. The average Bonchev–Trinajstić information content (AvgIpc) is 3.91. The fraction of sp³-hybridized carbons (Fsp3) is 0.378. The number of alkyl halides is 3. The number of benzene rings is 2. The first kappa shape index (κ1) is 39.6. The molecule has 2 aromatic carbocycles. The van der Waals surface area contributed by atoms with Crippen LogP contribution < -0.4 is 21.3 Å². The maximum Gasteiger partial charge on any atom is 0.490 e. The molecule has 4 atom stereocenters. The van der Waals surface area contributed by atoms with Crippen molar-refractivity contribution < 1.29 is 42.5 Å². The molecule has 56 heavy (non-hydrogen) atoms. The van der Waals surface area contributed by atoms with E-state index in [1.54, 1.807) is 11.5 Å². The number of aromatic nitrogens is 6. The van der Waals surface area contributed by atoms with E-state index < -0.39 is 49.0 Å². The van der Waals surface area contributed by atoms with Gasteiger partial charge in [0.2, 0.25) is 5.82 Å². The Hall–Kier alpha value is -6.08. The molecule has 0 saturated heterocycles. The fourth-order valence-electron chi connectivity index (χ4n) is 6.56. The van der Waals surface area contributed by atoms with Crippen LogP contribution in [0.2, 0.25) is 0 Å². The number of aliphatic hydroxyl groups is 2. The lowest BCUT2D eigenvalue weighted by Crippen LogP contribution is -2.37. The van der Waals surface area contributed by atoms with E-state index >= 15 is 0 Å². The summed E-state index contributed by atoms with van der Waals surface area (Å²) >= 11 is 0. The Bertz CT molecular complexity index is 2070. The van der Waals surface area contributed by atoms with Crippen LogP contribution in [0.5, 0.6) is 0 Å². The minimum atomic E-state index is -5.15. The van der Waals surface area contributed by atoms with Crippen LogP contribution >= 0.6 is 0 Å². The zero-order valence-corrected chi connectivity index (χ0v) is 30.2. The van der Waals surface area contributed by atoms with Gasteiger partial charge in [0.05, 0.1) is 24.6 Å². The molecule has 1 aliphatic rings. The molecular weight excluding hydrogens is 737 g/mol. The summed E-state index contributed by atoms with van der Waals surface area (Å²) in [4.78, 5) is 50.1. The van der Waals surface area contributed by atoms with Crippen molar-refractivity contribution in [1.29, 1.82) is 0 Å². The SMILES string of the molecule is CCNC(=O)NCCCNC(=O)c1nc(NCC(c2ccccc2)c2ccccc2)c2ncn([C@@H]3C[C@H](n4cc(COC(=O)C(F)(F)F)cn4)[C@@H](O)[C@H]3O)c2n1. The van der Waals surface area contributed by atoms with E-state index in [0.717, 1.165) is 11.1 Å². The second-order valence-corrected chi connectivity index (χ2v) is 13.1. The zero-order chi connectivity index (χ0) is 39.8. The second kappa shape index (κ2) is 17.6. The van der Waals surface area contributed by atoms with Gasteiger partial charge in [0.15, 0.2) is 11.5 Å². The highest BCUT2D eigenvalue weighted by Gasteiger charge is 2.45. The predicted molar refractivity (Wildman–Crippen MR) is 195 cm³/mol. The van der Waals surface area contributed by atoms with Crippen molar-refractivity contribution in [2.75, 3.05) is 31.5 Å². The monoisotopic (exact) mass is 778 g/mol. The minimum absolute atomic E-state index is 0.0776. The van der Waals surface area contributed by atoms with Crippen molar-refractivity contribution in [3.8, 4) is 0 Å². The third-order valence-electron chi connectivity index (χ3n) is 9.34. The number of urea groups is 1. The van der Waals surface area contributed by atoms with Crippen molar-refractivity contribution in [1.82, 2.24) is 45.2 Å². The smallest absolute Gasteiger partial charge is 0.454 e. The third-order valence-corrected chi connectivity index (χ3v) is 9.34. The van der Waals surface area contributed by atoms with Gasteiger partial charge in [0, 0.05) is 43.9 Å². The number of halogens is 3. The number of nitrogens with one attached hydrogen (secondary N) is 4. The van der Waals surface area contributed by atoms with E-state index in [1.165, 1.54) is 23.4 Å². The lowest BCUT2D eigenvalue weighted by Gasteiger charge is -2.20. The molecule has 19 heteroatoms. The molecule has 6 rings (SSSR count). The largest absolute Gasteiger partial charge is 0.490 e. The van der Waals surface area contributed by atoms with Crippen LogP contribution in [-0.2, 0) is 16.1 Å². The number of fused-ring (bicyclic) bond motifs is 1. The number of imidazole rings is 1. The minimum Gasteiger partial charge on any atom is -0.454 e. The lowest BCUT2D eigenvalue weighted by atomic mass is 9.91. The van der Waals surface area contributed by atoms with Gasteiger partial charge in [-0.2, -0.15) is 18.3 Å². The number of hydrogen-bond acceptors (Lipinski definition) is 11. The topological polar surface area (TPSA) is 210 Å². The molecule has 1 fully saturated rings. The average molecular weight is 779 g/mol. The van der Waals surface area contributed by atoms with Crippen LogP contribution in [0.15, 0.2) is 79.4 Å². The van der Waals surface area contributed by atoms with Crippen LogP contribution in [0.4, 0.5) is 23.8 Å². The molecule has 296 valence electrons. The number of carbonyl (C=O) groups excluding carboxylic acids is 3. The van der Waals surface area contributed by atoms with Crippen molar-refractivity contribution in [3.63, 3.8) is 0 Å². The Morgan fingerprint density at radius 3 is 2.25 bits per heavy atom. The molecular formula is C37H41F3N10O6. The van der Waals surface area contributed by atoms with Gasteiger partial charge in [0.25, 0.3) is 5.91 Å². The molecule has 0 unspecified atom stereocenters. The van der Waals surface area contributed by atoms with Crippen LogP contribution in [-0.4, -0.2) is 102 Å². The van der Waals surface area contributed by atoms with Gasteiger partial charge in [-0.3, -0.25) is 9.48 Å². The Balaban J connectivity index is 1.26. The normalized spacial score (nSPS) is 18.2. The third kappa shape index (κ3) is 9.23. The van der Waals surface area contributed by atoms with E-state index in [2.05, 4.69) is 46.1 Å². The standard InChI is InChI=1S/C37H41F3N10O6/c1-2-41-36(55)43-15-9-14-42-34(53)32-47-31(44-18-25(23-10-5-3-6-11-23)24-12-7-4-8-13-24)28-33(48-32)49(21-45-28)26-16-27(30(52)29(26)51)50-19-22(17-46-50)20-56-35(54)37(38,39)40/h3-8,10-13,17,19,21,25-27,29-30,51-52H,2,9,14-16,18,20H2,1H3,(H,42,53)(H2,41,43,55)(H,44,47,48)/t26-,27+,29+,30-/m1/s1. The number of anilines is 1. The zero-order valence-electron chi connectivity index (χ0n) is 30.2.